The fourth-order valence-corrected chi connectivity index (χ4v) is 2.40. The van der Waals surface area contributed by atoms with Crippen molar-refractivity contribution in [2.45, 2.75) is 26.9 Å². The quantitative estimate of drug-likeness (QED) is 0.570. The summed E-state index contributed by atoms with van der Waals surface area (Å²) >= 11 is 0. The van der Waals surface area contributed by atoms with Crippen molar-refractivity contribution in [2.75, 3.05) is 21.1 Å². The molecule has 0 unspecified atom stereocenters. The molecule has 0 saturated carbocycles. The van der Waals surface area contributed by atoms with E-state index in [0.29, 0.717) is 17.3 Å². The second-order valence-electron chi connectivity index (χ2n) is 6.88. The Balaban J connectivity index is 2.34. The SMILES string of the molecule is C=C(C)NC(=NC)c1cc(Oc2cnc(C(=O)N(C)C)cn2)cc(OC(C)C)c1. The summed E-state index contributed by atoms with van der Waals surface area (Å²) in [5.41, 5.74) is 1.78. The molecule has 154 valence electrons. The Labute approximate surface area is 171 Å². The molecule has 2 rings (SSSR count). The maximum atomic E-state index is 11.9. The highest BCUT2D eigenvalue weighted by atomic mass is 16.5. The molecule has 0 spiro atoms. The van der Waals surface area contributed by atoms with Gasteiger partial charge in [0.25, 0.3) is 5.91 Å². The van der Waals surface area contributed by atoms with Gasteiger partial charge in [-0.15, -0.1) is 0 Å². The van der Waals surface area contributed by atoms with E-state index in [1.54, 1.807) is 27.2 Å². The highest BCUT2D eigenvalue weighted by Gasteiger charge is 2.13. The van der Waals surface area contributed by atoms with E-state index in [4.69, 9.17) is 9.47 Å². The molecule has 0 aliphatic carbocycles. The van der Waals surface area contributed by atoms with Crippen molar-refractivity contribution in [3.05, 3.63) is 54.1 Å². The molecule has 1 aromatic carbocycles. The van der Waals surface area contributed by atoms with E-state index in [9.17, 15) is 4.79 Å². The van der Waals surface area contributed by atoms with Crippen LogP contribution in [0.3, 0.4) is 0 Å². The van der Waals surface area contributed by atoms with Crippen molar-refractivity contribution in [3.63, 3.8) is 0 Å². The fourth-order valence-electron chi connectivity index (χ4n) is 2.40. The number of allylic oxidation sites excluding steroid dienone is 1. The third-order valence-corrected chi connectivity index (χ3v) is 3.56. The first-order valence-corrected chi connectivity index (χ1v) is 9.12. The Hall–Kier alpha value is -3.42. The molecule has 0 aliphatic heterocycles. The van der Waals surface area contributed by atoms with E-state index in [1.165, 1.54) is 17.3 Å². The molecule has 1 aromatic heterocycles. The number of hydrogen-bond donors (Lipinski definition) is 1. The monoisotopic (exact) mass is 397 g/mol. The molecule has 0 atom stereocenters. The molecule has 1 N–H and O–H groups in total. The van der Waals surface area contributed by atoms with Crippen molar-refractivity contribution >= 4 is 11.7 Å². The highest BCUT2D eigenvalue weighted by Crippen LogP contribution is 2.27. The van der Waals surface area contributed by atoms with E-state index >= 15 is 0 Å². The van der Waals surface area contributed by atoms with Gasteiger partial charge in [0.05, 0.1) is 18.5 Å². The largest absolute Gasteiger partial charge is 0.491 e. The van der Waals surface area contributed by atoms with Crippen LogP contribution in [0.5, 0.6) is 17.4 Å². The molecule has 0 radical (unpaired) electrons. The lowest BCUT2D eigenvalue weighted by atomic mass is 10.1. The summed E-state index contributed by atoms with van der Waals surface area (Å²) in [6.07, 6.45) is 2.78. The van der Waals surface area contributed by atoms with Gasteiger partial charge in [-0.05, 0) is 32.9 Å². The van der Waals surface area contributed by atoms with E-state index in [0.717, 1.165) is 11.3 Å². The average Bonchev–Trinajstić information content (AvgIpc) is 2.65. The topological polar surface area (TPSA) is 88.9 Å². The maximum absolute atomic E-state index is 11.9. The number of nitrogens with one attached hydrogen (secondary N) is 1. The summed E-state index contributed by atoms with van der Waals surface area (Å²) in [6, 6.07) is 5.44. The van der Waals surface area contributed by atoms with Gasteiger partial charge in [-0.1, -0.05) is 6.58 Å². The molecule has 0 saturated heterocycles. The first kappa shape index (κ1) is 21.9. The van der Waals surface area contributed by atoms with Crippen molar-refractivity contribution in [1.29, 1.82) is 0 Å². The molecular formula is C21H27N5O3. The predicted octanol–water partition coefficient (Wildman–Crippen LogP) is 3.26. The number of hydrogen-bond acceptors (Lipinski definition) is 6. The number of aliphatic imine (C=N–C) groups is 1. The summed E-state index contributed by atoms with van der Waals surface area (Å²) in [4.78, 5) is 26.0. The Kier molecular flexibility index (Phi) is 7.30. The van der Waals surface area contributed by atoms with Gasteiger partial charge >= 0.3 is 0 Å². The predicted molar refractivity (Wildman–Crippen MR) is 113 cm³/mol. The lowest BCUT2D eigenvalue weighted by Crippen LogP contribution is -2.22. The molecule has 8 heteroatoms. The van der Waals surface area contributed by atoms with Crippen molar-refractivity contribution in [2.24, 2.45) is 4.99 Å². The van der Waals surface area contributed by atoms with Gasteiger partial charge in [0.1, 0.15) is 23.0 Å². The van der Waals surface area contributed by atoms with Crippen molar-refractivity contribution in [3.8, 4) is 17.4 Å². The molecule has 0 fully saturated rings. The lowest BCUT2D eigenvalue weighted by Gasteiger charge is -2.15. The molecule has 0 bridgehead atoms. The second-order valence-corrected chi connectivity index (χ2v) is 6.88. The summed E-state index contributed by atoms with van der Waals surface area (Å²) < 4.78 is 11.7. The molecule has 1 heterocycles. The maximum Gasteiger partial charge on any atom is 0.273 e. The Morgan fingerprint density at radius 1 is 1.17 bits per heavy atom. The first-order chi connectivity index (χ1) is 13.7. The van der Waals surface area contributed by atoms with Crippen LogP contribution in [-0.4, -0.2) is 53.9 Å². The number of ether oxygens (including phenoxy) is 2. The van der Waals surface area contributed by atoms with E-state index in [2.05, 4.69) is 26.9 Å². The smallest absolute Gasteiger partial charge is 0.273 e. The third kappa shape index (κ3) is 6.31. The van der Waals surface area contributed by atoms with Gasteiger partial charge in [-0.3, -0.25) is 9.79 Å². The van der Waals surface area contributed by atoms with E-state index < -0.39 is 0 Å². The molecule has 29 heavy (non-hydrogen) atoms. The summed E-state index contributed by atoms with van der Waals surface area (Å²) in [5.74, 6) is 1.80. The summed E-state index contributed by atoms with van der Waals surface area (Å²) in [7, 11) is 5.00. The molecule has 8 nitrogen and oxygen atoms in total. The third-order valence-electron chi connectivity index (χ3n) is 3.56. The van der Waals surface area contributed by atoms with Gasteiger partial charge in [0.2, 0.25) is 5.88 Å². The Morgan fingerprint density at radius 3 is 2.38 bits per heavy atom. The van der Waals surface area contributed by atoms with Crippen LogP contribution in [0.4, 0.5) is 0 Å². The standard InChI is InChI=1S/C21H27N5O3/c1-13(2)25-20(22-5)15-8-16(28-14(3)4)10-17(9-15)29-19-12-23-18(11-24-19)21(27)26(6)7/h8-12,14H,1H2,2-7H3,(H,22,25). The minimum Gasteiger partial charge on any atom is -0.491 e. The average molecular weight is 397 g/mol. The van der Waals surface area contributed by atoms with Crippen LogP contribution in [-0.2, 0) is 0 Å². The number of amides is 1. The van der Waals surface area contributed by atoms with Gasteiger partial charge in [0, 0.05) is 38.5 Å². The number of carbonyl (C=O) groups excluding carboxylic acids is 1. The minimum atomic E-state index is -0.228. The number of carbonyl (C=O) groups is 1. The highest BCUT2D eigenvalue weighted by molar-refractivity contribution is 6.00. The van der Waals surface area contributed by atoms with Gasteiger partial charge in [-0.2, -0.15) is 0 Å². The van der Waals surface area contributed by atoms with Crippen LogP contribution < -0.4 is 14.8 Å². The summed E-state index contributed by atoms with van der Waals surface area (Å²) in [6.45, 7) is 9.60. The molecule has 0 aliphatic rings. The molecule has 1 amide bonds. The molecule has 2 aromatic rings. The fraction of sp³-hybridized carbons (Fsp3) is 0.333. The number of aromatic nitrogens is 2. The minimum absolute atomic E-state index is 0.00895. The number of benzene rings is 1. The zero-order chi connectivity index (χ0) is 21.6. The summed E-state index contributed by atoms with van der Waals surface area (Å²) in [5, 5.41) is 3.12. The second kappa shape index (κ2) is 9.68. The lowest BCUT2D eigenvalue weighted by molar-refractivity contribution is 0.0821. The van der Waals surface area contributed by atoms with E-state index in [-0.39, 0.29) is 23.6 Å². The van der Waals surface area contributed by atoms with E-state index in [1.807, 2.05) is 32.9 Å². The zero-order valence-electron chi connectivity index (χ0n) is 17.7. The van der Waals surface area contributed by atoms with Crippen LogP contribution >= 0.6 is 0 Å². The number of nitrogens with zero attached hydrogens (tertiary/aromatic N) is 4. The van der Waals surface area contributed by atoms with Crippen molar-refractivity contribution in [1.82, 2.24) is 20.2 Å². The van der Waals surface area contributed by atoms with Crippen LogP contribution in [0.15, 0.2) is 47.9 Å². The van der Waals surface area contributed by atoms with Gasteiger partial charge in [0.15, 0.2) is 0 Å². The zero-order valence-corrected chi connectivity index (χ0v) is 17.7. The number of amidine groups is 1. The Morgan fingerprint density at radius 2 is 1.86 bits per heavy atom. The van der Waals surface area contributed by atoms with Crippen molar-refractivity contribution < 1.29 is 14.3 Å². The van der Waals surface area contributed by atoms with Crippen LogP contribution in [0.2, 0.25) is 0 Å². The Bertz CT molecular complexity index is 905. The van der Waals surface area contributed by atoms with Crippen LogP contribution in [0.25, 0.3) is 0 Å². The first-order valence-electron chi connectivity index (χ1n) is 9.12. The molecular weight excluding hydrogens is 370 g/mol. The van der Waals surface area contributed by atoms with Crippen LogP contribution in [0, 0.1) is 0 Å². The normalized spacial score (nSPS) is 11.2. The van der Waals surface area contributed by atoms with Gasteiger partial charge < -0.3 is 19.7 Å². The van der Waals surface area contributed by atoms with Crippen LogP contribution in [0.1, 0.15) is 36.8 Å². The number of rotatable bonds is 7. The van der Waals surface area contributed by atoms with Gasteiger partial charge in [-0.25, -0.2) is 9.97 Å².